The van der Waals surface area contributed by atoms with E-state index >= 15 is 0 Å². The lowest BCUT2D eigenvalue weighted by molar-refractivity contribution is 0.681. The molecule has 0 aromatic rings. The van der Waals surface area contributed by atoms with Crippen molar-refractivity contribution < 1.29 is 0 Å². The second kappa shape index (κ2) is 2.93. The molecule has 0 unspecified atom stereocenters. The zero-order valence-corrected chi connectivity index (χ0v) is 6.62. The van der Waals surface area contributed by atoms with Gasteiger partial charge in [0, 0.05) is 10.9 Å². The molecule has 0 atom stereocenters. The Kier molecular flexibility index (Phi) is 2.85. The number of nitrogens with one attached hydrogen (secondary N) is 1. The summed E-state index contributed by atoms with van der Waals surface area (Å²) in [6.45, 7) is 4.66. The van der Waals surface area contributed by atoms with Gasteiger partial charge in [-0.25, -0.2) is 0 Å². The van der Waals surface area contributed by atoms with E-state index in [0.717, 1.165) is 0 Å². The zero-order valence-electron chi connectivity index (χ0n) is 5.03. The lowest BCUT2D eigenvalue weighted by Crippen LogP contribution is -2.25. The molecule has 0 fully saturated rings. The summed E-state index contributed by atoms with van der Waals surface area (Å²) in [6, 6.07) is 0. The third-order valence-corrected chi connectivity index (χ3v) is 0.868. The van der Waals surface area contributed by atoms with Crippen LogP contribution in [0.25, 0.3) is 0 Å². The maximum atomic E-state index is 8.05. The van der Waals surface area contributed by atoms with Crippen molar-refractivity contribution in [1.82, 2.24) is 5.32 Å². The Hall–Kier alpha value is -0.230. The fraction of sp³-hybridized carbons (Fsp3) is 0.800. The van der Waals surface area contributed by atoms with E-state index < -0.39 is 0 Å². The van der Waals surface area contributed by atoms with E-state index in [2.05, 4.69) is 21.2 Å². The van der Waals surface area contributed by atoms with Crippen LogP contribution in [0, 0.1) is 11.5 Å². The van der Waals surface area contributed by atoms with Crippen molar-refractivity contribution in [3.8, 4) is 6.19 Å². The second-order valence-corrected chi connectivity index (χ2v) is 4.33. The molecule has 3 heteroatoms. The maximum absolute atomic E-state index is 8.05. The molecule has 0 rings (SSSR count). The van der Waals surface area contributed by atoms with Crippen molar-refractivity contribution in [3.05, 3.63) is 0 Å². The Bertz CT molecular complexity index is 98.0. The predicted molar refractivity (Wildman–Crippen MR) is 36.6 cm³/mol. The maximum Gasteiger partial charge on any atom is 0.176 e. The largest absolute Gasteiger partial charge is 0.322 e. The average Bonchev–Trinajstić information content (AvgIpc) is 1.59. The summed E-state index contributed by atoms with van der Waals surface area (Å²) in [4.78, 5) is 0. The van der Waals surface area contributed by atoms with Gasteiger partial charge in [-0.05, 0) is 13.8 Å². The van der Waals surface area contributed by atoms with Crippen LogP contribution < -0.4 is 5.32 Å². The fourth-order valence-corrected chi connectivity index (χ4v) is 0.390. The predicted octanol–water partition coefficient (Wildman–Crippen LogP) is 1.23. The van der Waals surface area contributed by atoms with Gasteiger partial charge >= 0.3 is 0 Å². The molecule has 0 aromatic carbocycles. The highest BCUT2D eigenvalue weighted by atomic mass is 79.9. The molecule has 0 aliphatic heterocycles. The third kappa shape index (κ3) is 5.77. The van der Waals surface area contributed by atoms with Crippen LogP contribution in [0.1, 0.15) is 13.8 Å². The summed E-state index contributed by atoms with van der Waals surface area (Å²) < 4.78 is 0.0305. The van der Waals surface area contributed by atoms with Crippen LogP contribution >= 0.6 is 15.9 Å². The summed E-state index contributed by atoms with van der Waals surface area (Å²) in [5, 5.41) is 10.6. The minimum Gasteiger partial charge on any atom is -0.322 e. The number of hydrogen-bond acceptors (Lipinski definition) is 2. The summed E-state index contributed by atoms with van der Waals surface area (Å²) in [7, 11) is 0. The topological polar surface area (TPSA) is 35.8 Å². The van der Waals surface area contributed by atoms with Gasteiger partial charge in [-0.2, -0.15) is 5.26 Å². The fourth-order valence-electron chi connectivity index (χ4n) is 0.250. The van der Waals surface area contributed by atoms with Crippen molar-refractivity contribution in [1.29, 1.82) is 5.26 Å². The highest BCUT2D eigenvalue weighted by Gasteiger charge is 2.10. The highest BCUT2D eigenvalue weighted by Crippen LogP contribution is 2.12. The molecule has 0 aliphatic rings. The van der Waals surface area contributed by atoms with Crippen LogP contribution in [0.4, 0.5) is 0 Å². The lowest BCUT2D eigenvalue weighted by atomic mass is 10.2. The monoisotopic (exact) mass is 176 g/mol. The van der Waals surface area contributed by atoms with Crippen molar-refractivity contribution in [3.63, 3.8) is 0 Å². The van der Waals surface area contributed by atoms with Crippen molar-refractivity contribution in [2.75, 3.05) is 6.54 Å². The van der Waals surface area contributed by atoms with E-state index in [1.54, 1.807) is 0 Å². The van der Waals surface area contributed by atoms with Crippen LogP contribution in [-0.4, -0.2) is 10.9 Å². The zero-order chi connectivity index (χ0) is 6.62. The van der Waals surface area contributed by atoms with Gasteiger partial charge in [-0.1, -0.05) is 15.9 Å². The minimum atomic E-state index is 0.0305. The van der Waals surface area contributed by atoms with E-state index in [9.17, 15) is 0 Å². The quantitative estimate of drug-likeness (QED) is 0.391. The smallest absolute Gasteiger partial charge is 0.176 e. The molecule has 0 heterocycles. The van der Waals surface area contributed by atoms with E-state index in [0.29, 0.717) is 6.54 Å². The molecule has 0 aliphatic carbocycles. The minimum absolute atomic E-state index is 0.0305. The van der Waals surface area contributed by atoms with Gasteiger partial charge < -0.3 is 5.32 Å². The number of nitriles is 1. The molecule has 0 spiro atoms. The first kappa shape index (κ1) is 7.77. The van der Waals surface area contributed by atoms with Crippen molar-refractivity contribution in [2.45, 2.75) is 18.2 Å². The van der Waals surface area contributed by atoms with Crippen LogP contribution in [0.2, 0.25) is 0 Å². The Balaban J connectivity index is 3.28. The molecule has 0 saturated heterocycles. The Morgan fingerprint density at radius 3 is 2.38 bits per heavy atom. The molecule has 2 nitrogen and oxygen atoms in total. The first-order valence-corrected chi connectivity index (χ1v) is 3.16. The van der Waals surface area contributed by atoms with E-state index in [1.807, 2.05) is 20.0 Å². The standard InChI is InChI=1S/C5H9BrN2/c1-5(2,6)3-8-4-7/h8H,3H2,1-2H3. The van der Waals surface area contributed by atoms with E-state index in [4.69, 9.17) is 5.26 Å². The van der Waals surface area contributed by atoms with E-state index in [-0.39, 0.29) is 4.32 Å². The van der Waals surface area contributed by atoms with Gasteiger partial charge in [0.25, 0.3) is 0 Å². The number of alkyl halides is 1. The van der Waals surface area contributed by atoms with Crippen LogP contribution in [0.15, 0.2) is 0 Å². The highest BCUT2D eigenvalue weighted by molar-refractivity contribution is 9.10. The molecular formula is C5H9BrN2. The molecule has 0 radical (unpaired) electrons. The van der Waals surface area contributed by atoms with Crippen molar-refractivity contribution in [2.24, 2.45) is 0 Å². The number of nitrogens with zero attached hydrogens (tertiary/aromatic N) is 1. The van der Waals surface area contributed by atoms with E-state index in [1.165, 1.54) is 0 Å². The van der Waals surface area contributed by atoms with Gasteiger partial charge in [0.2, 0.25) is 0 Å². The first-order valence-electron chi connectivity index (χ1n) is 2.37. The van der Waals surface area contributed by atoms with Crippen molar-refractivity contribution >= 4 is 15.9 Å². The number of halogens is 1. The third-order valence-electron chi connectivity index (χ3n) is 0.588. The molecular weight excluding hydrogens is 168 g/mol. The summed E-state index contributed by atoms with van der Waals surface area (Å²) in [5.74, 6) is 0. The molecule has 0 bridgehead atoms. The Morgan fingerprint density at radius 2 is 2.25 bits per heavy atom. The summed E-state index contributed by atoms with van der Waals surface area (Å²) in [6.07, 6.45) is 1.84. The normalized spacial score (nSPS) is 10.2. The molecule has 0 saturated carbocycles. The van der Waals surface area contributed by atoms with Gasteiger partial charge in [-0.3, -0.25) is 0 Å². The Labute approximate surface area is 58.0 Å². The van der Waals surface area contributed by atoms with Gasteiger partial charge in [-0.15, -0.1) is 0 Å². The second-order valence-electron chi connectivity index (χ2n) is 2.18. The van der Waals surface area contributed by atoms with Gasteiger partial charge in [0.1, 0.15) is 0 Å². The van der Waals surface area contributed by atoms with Gasteiger partial charge in [0.05, 0.1) is 0 Å². The summed E-state index contributed by atoms with van der Waals surface area (Å²) >= 11 is 3.37. The van der Waals surface area contributed by atoms with Crippen LogP contribution in [-0.2, 0) is 0 Å². The molecule has 0 aromatic heterocycles. The van der Waals surface area contributed by atoms with Crippen LogP contribution in [0.3, 0.4) is 0 Å². The SMILES string of the molecule is CC(C)(Br)CNC#N. The summed E-state index contributed by atoms with van der Waals surface area (Å²) in [5.41, 5.74) is 0. The molecule has 1 N–H and O–H groups in total. The molecule has 46 valence electrons. The van der Waals surface area contributed by atoms with Crippen LogP contribution in [0.5, 0.6) is 0 Å². The van der Waals surface area contributed by atoms with Gasteiger partial charge in [0.15, 0.2) is 6.19 Å². The lowest BCUT2D eigenvalue weighted by Gasteiger charge is -2.12. The first-order chi connectivity index (χ1) is 3.56. The molecule has 0 amide bonds. The Morgan fingerprint density at radius 1 is 1.75 bits per heavy atom. The number of rotatable bonds is 2. The molecule has 8 heavy (non-hydrogen) atoms. The average molecular weight is 177 g/mol. The number of hydrogen-bond donors (Lipinski definition) is 1.